The van der Waals surface area contributed by atoms with E-state index in [0.29, 0.717) is 27.1 Å². The third-order valence-electron chi connectivity index (χ3n) is 4.18. The molecule has 0 radical (unpaired) electrons. The Hall–Kier alpha value is -2.24. The molecule has 1 saturated carbocycles. The van der Waals surface area contributed by atoms with Crippen LogP contribution in [0.4, 0.5) is 17.1 Å². The van der Waals surface area contributed by atoms with Crippen molar-refractivity contribution in [2.45, 2.75) is 19.8 Å². The first-order chi connectivity index (χ1) is 12.4. The van der Waals surface area contributed by atoms with Crippen molar-refractivity contribution in [2.75, 3.05) is 22.5 Å². The molecule has 7 heteroatoms. The first-order valence-corrected chi connectivity index (χ1v) is 9.09. The topological polar surface area (TPSA) is 70.2 Å². The van der Waals surface area contributed by atoms with Crippen LogP contribution in [0.15, 0.2) is 36.4 Å². The van der Waals surface area contributed by atoms with Gasteiger partial charge in [0, 0.05) is 22.3 Å². The van der Waals surface area contributed by atoms with E-state index in [1.54, 1.807) is 30.3 Å². The summed E-state index contributed by atoms with van der Waals surface area (Å²) in [5.74, 6) is -0.0667. The van der Waals surface area contributed by atoms with E-state index in [0.717, 1.165) is 18.4 Å². The van der Waals surface area contributed by atoms with Crippen molar-refractivity contribution in [1.82, 2.24) is 0 Å². The molecule has 0 bridgehead atoms. The van der Waals surface area contributed by atoms with Crippen LogP contribution in [0.3, 0.4) is 0 Å². The maximum Gasteiger partial charge on any atom is 0.243 e. The molecule has 0 spiro atoms. The Morgan fingerprint density at radius 2 is 1.73 bits per heavy atom. The molecule has 2 amide bonds. The Labute approximate surface area is 162 Å². The molecule has 3 rings (SSSR count). The molecular weight excluding hydrogens is 373 g/mol. The SMILES string of the molecule is Cc1c(NC(=O)CNc2cc(Cl)ccc2Cl)cccc1NC(=O)C1CC1. The fourth-order valence-corrected chi connectivity index (χ4v) is 2.85. The quantitative estimate of drug-likeness (QED) is 0.667. The van der Waals surface area contributed by atoms with Crippen LogP contribution in [-0.2, 0) is 9.59 Å². The van der Waals surface area contributed by atoms with Crippen LogP contribution in [-0.4, -0.2) is 18.4 Å². The molecule has 0 unspecified atom stereocenters. The zero-order valence-corrected chi connectivity index (χ0v) is 15.7. The number of anilines is 3. The molecule has 0 heterocycles. The lowest BCUT2D eigenvalue weighted by atomic mass is 10.1. The largest absolute Gasteiger partial charge is 0.375 e. The minimum atomic E-state index is -0.227. The Balaban J connectivity index is 1.61. The zero-order valence-electron chi connectivity index (χ0n) is 14.2. The number of hydrogen-bond acceptors (Lipinski definition) is 3. The van der Waals surface area contributed by atoms with Crippen LogP contribution >= 0.6 is 23.2 Å². The van der Waals surface area contributed by atoms with Crippen LogP contribution in [0.5, 0.6) is 0 Å². The molecule has 0 saturated heterocycles. The van der Waals surface area contributed by atoms with Gasteiger partial charge in [0.05, 0.1) is 17.3 Å². The molecule has 3 N–H and O–H groups in total. The predicted octanol–water partition coefficient (Wildman–Crippen LogP) is 4.70. The van der Waals surface area contributed by atoms with E-state index in [2.05, 4.69) is 16.0 Å². The van der Waals surface area contributed by atoms with Gasteiger partial charge in [-0.1, -0.05) is 29.3 Å². The molecular formula is C19H19Cl2N3O2. The van der Waals surface area contributed by atoms with Crippen molar-refractivity contribution >= 4 is 52.1 Å². The van der Waals surface area contributed by atoms with E-state index in [-0.39, 0.29) is 24.3 Å². The van der Waals surface area contributed by atoms with Crippen molar-refractivity contribution in [3.63, 3.8) is 0 Å². The van der Waals surface area contributed by atoms with Gasteiger partial charge in [0.2, 0.25) is 11.8 Å². The minimum absolute atomic E-state index is 0.0360. The second-order valence-corrected chi connectivity index (χ2v) is 7.11. The van der Waals surface area contributed by atoms with Crippen LogP contribution in [0.2, 0.25) is 10.0 Å². The average Bonchev–Trinajstić information content (AvgIpc) is 3.44. The maximum atomic E-state index is 12.2. The van der Waals surface area contributed by atoms with Crippen molar-refractivity contribution in [3.8, 4) is 0 Å². The lowest BCUT2D eigenvalue weighted by Crippen LogP contribution is -2.22. The number of nitrogens with one attached hydrogen (secondary N) is 3. The number of hydrogen-bond donors (Lipinski definition) is 3. The van der Waals surface area contributed by atoms with E-state index in [1.807, 2.05) is 13.0 Å². The third-order valence-corrected chi connectivity index (χ3v) is 4.75. The number of amides is 2. The van der Waals surface area contributed by atoms with Gasteiger partial charge in [0.1, 0.15) is 0 Å². The highest BCUT2D eigenvalue weighted by molar-refractivity contribution is 6.35. The molecule has 2 aromatic carbocycles. The summed E-state index contributed by atoms with van der Waals surface area (Å²) in [6, 6.07) is 10.4. The molecule has 1 aliphatic carbocycles. The summed E-state index contributed by atoms with van der Waals surface area (Å²) >= 11 is 12.0. The van der Waals surface area contributed by atoms with Crippen LogP contribution in [0.1, 0.15) is 18.4 Å². The Bertz CT molecular complexity index is 851. The summed E-state index contributed by atoms with van der Waals surface area (Å²) in [5, 5.41) is 9.75. The molecule has 1 aliphatic rings. The smallest absolute Gasteiger partial charge is 0.243 e. The summed E-state index contributed by atoms with van der Waals surface area (Å²) in [6.07, 6.45) is 1.89. The van der Waals surface area contributed by atoms with Gasteiger partial charge in [0.25, 0.3) is 0 Å². The van der Waals surface area contributed by atoms with Crippen molar-refractivity contribution in [2.24, 2.45) is 5.92 Å². The predicted molar refractivity (Wildman–Crippen MR) is 106 cm³/mol. The van der Waals surface area contributed by atoms with E-state index in [1.165, 1.54) is 0 Å². The van der Waals surface area contributed by atoms with Crippen LogP contribution in [0.25, 0.3) is 0 Å². The number of carbonyl (C=O) groups excluding carboxylic acids is 2. The fraction of sp³-hybridized carbons (Fsp3) is 0.263. The Morgan fingerprint density at radius 3 is 2.42 bits per heavy atom. The molecule has 26 heavy (non-hydrogen) atoms. The molecule has 2 aromatic rings. The maximum absolute atomic E-state index is 12.2. The zero-order chi connectivity index (χ0) is 18.7. The van der Waals surface area contributed by atoms with Crippen molar-refractivity contribution in [1.29, 1.82) is 0 Å². The standard InChI is InChI=1S/C19H19Cl2N3O2/c1-11-15(3-2-4-16(11)24-19(26)12-5-6-12)23-18(25)10-22-17-9-13(20)7-8-14(17)21/h2-4,7-9,12,22H,5-6,10H2,1H3,(H,23,25)(H,24,26). The van der Waals surface area contributed by atoms with Gasteiger partial charge in [-0.25, -0.2) is 0 Å². The summed E-state index contributed by atoms with van der Waals surface area (Å²) in [4.78, 5) is 24.2. The van der Waals surface area contributed by atoms with Gasteiger partial charge in [-0.2, -0.15) is 0 Å². The van der Waals surface area contributed by atoms with Gasteiger partial charge in [-0.05, 0) is 55.7 Å². The van der Waals surface area contributed by atoms with Crippen molar-refractivity contribution < 1.29 is 9.59 Å². The van der Waals surface area contributed by atoms with Gasteiger partial charge >= 0.3 is 0 Å². The molecule has 0 aliphatic heterocycles. The second-order valence-electron chi connectivity index (χ2n) is 6.27. The number of benzene rings is 2. The van der Waals surface area contributed by atoms with Crippen LogP contribution < -0.4 is 16.0 Å². The average molecular weight is 392 g/mol. The van der Waals surface area contributed by atoms with E-state index in [4.69, 9.17) is 23.2 Å². The molecule has 5 nitrogen and oxygen atoms in total. The van der Waals surface area contributed by atoms with Crippen molar-refractivity contribution in [3.05, 3.63) is 52.0 Å². The van der Waals surface area contributed by atoms with Gasteiger partial charge in [-0.3, -0.25) is 9.59 Å². The number of carbonyl (C=O) groups is 2. The highest BCUT2D eigenvalue weighted by atomic mass is 35.5. The summed E-state index contributed by atoms with van der Waals surface area (Å²) in [7, 11) is 0. The highest BCUT2D eigenvalue weighted by Gasteiger charge is 2.29. The van der Waals surface area contributed by atoms with E-state index in [9.17, 15) is 9.59 Å². The Kier molecular flexibility index (Phi) is 5.69. The van der Waals surface area contributed by atoms with Gasteiger partial charge in [0.15, 0.2) is 0 Å². The fourth-order valence-electron chi connectivity index (χ4n) is 2.49. The van der Waals surface area contributed by atoms with E-state index >= 15 is 0 Å². The second kappa shape index (κ2) is 7.98. The normalized spacial score (nSPS) is 13.2. The minimum Gasteiger partial charge on any atom is -0.375 e. The van der Waals surface area contributed by atoms with Crippen LogP contribution in [0, 0.1) is 12.8 Å². The van der Waals surface area contributed by atoms with E-state index < -0.39 is 0 Å². The van der Waals surface area contributed by atoms with Gasteiger partial charge < -0.3 is 16.0 Å². The molecule has 136 valence electrons. The summed E-state index contributed by atoms with van der Waals surface area (Å²) < 4.78 is 0. The third kappa shape index (κ3) is 4.68. The van der Waals surface area contributed by atoms with Gasteiger partial charge in [-0.15, -0.1) is 0 Å². The monoisotopic (exact) mass is 391 g/mol. The first kappa shape index (κ1) is 18.5. The number of rotatable bonds is 6. The molecule has 1 fully saturated rings. The molecule has 0 aromatic heterocycles. The lowest BCUT2D eigenvalue weighted by molar-refractivity contribution is -0.117. The lowest BCUT2D eigenvalue weighted by Gasteiger charge is -2.14. The summed E-state index contributed by atoms with van der Waals surface area (Å²) in [6.45, 7) is 1.90. The number of halogens is 2. The Morgan fingerprint density at radius 1 is 1.04 bits per heavy atom. The highest BCUT2D eigenvalue weighted by Crippen LogP contribution is 2.31. The summed E-state index contributed by atoms with van der Waals surface area (Å²) in [5.41, 5.74) is 2.78. The molecule has 0 atom stereocenters. The first-order valence-electron chi connectivity index (χ1n) is 8.33.